The lowest BCUT2D eigenvalue weighted by Gasteiger charge is -2.16. The van der Waals surface area contributed by atoms with Crippen LogP contribution < -0.4 is 10.2 Å². The number of nitrogens with zero attached hydrogens (tertiary/aromatic N) is 2. The predicted molar refractivity (Wildman–Crippen MR) is 87.4 cm³/mol. The molecule has 1 N–H and O–H groups in total. The first-order valence-corrected chi connectivity index (χ1v) is 8.11. The normalized spacial score (nSPS) is 10.9. The highest BCUT2D eigenvalue weighted by Crippen LogP contribution is 2.27. The minimum atomic E-state index is -0.163. The Morgan fingerprint density at radius 2 is 2.05 bits per heavy atom. The molecular formula is C16H22FN3S. The molecule has 0 aliphatic rings. The maximum absolute atomic E-state index is 13.7. The molecule has 0 unspecified atom stereocenters. The van der Waals surface area contributed by atoms with Crippen molar-refractivity contribution < 1.29 is 4.39 Å². The highest BCUT2D eigenvalue weighted by Gasteiger charge is 2.14. The number of hydrogen-bond acceptors (Lipinski definition) is 4. The van der Waals surface area contributed by atoms with Crippen LogP contribution in [-0.4, -0.2) is 18.6 Å². The number of anilines is 1. The Morgan fingerprint density at radius 3 is 2.71 bits per heavy atom. The molecule has 1 aromatic carbocycles. The number of halogens is 1. The summed E-state index contributed by atoms with van der Waals surface area (Å²) in [6, 6.07) is 6.90. The first kappa shape index (κ1) is 15.9. The molecule has 2 rings (SSSR count). The summed E-state index contributed by atoms with van der Waals surface area (Å²) in [4.78, 5) is 7.97. The Morgan fingerprint density at radius 1 is 1.29 bits per heavy atom. The summed E-state index contributed by atoms with van der Waals surface area (Å²) in [6.45, 7) is 6.54. The van der Waals surface area contributed by atoms with Crippen LogP contribution in [0.4, 0.5) is 9.52 Å². The van der Waals surface area contributed by atoms with E-state index < -0.39 is 0 Å². The highest BCUT2D eigenvalue weighted by atomic mass is 32.1. The molecule has 0 atom stereocenters. The Bertz CT molecular complexity index is 583. The fraction of sp³-hybridized carbons (Fsp3) is 0.438. The molecule has 0 radical (unpaired) electrons. The number of nitrogens with one attached hydrogen (secondary N) is 1. The molecule has 114 valence electrons. The van der Waals surface area contributed by atoms with Crippen molar-refractivity contribution in [2.45, 2.75) is 33.4 Å². The molecule has 3 nitrogen and oxygen atoms in total. The van der Waals surface area contributed by atoms with Gasteiger partial charge in [0.1, 0.15) is 5.82 Å². The van der Waals surface area contributed by atoms with E-state index in [4.69, 9.17) is 0 Å². The SMILES string of the molecule is CCNCc1sc(N(C)Cc2ccccc2F)nc1CC. The average molecular weight is 307 g/mol. The van der Waals surface area contributed by atoms with Gasteiger partial charge in [-0.05, 0) is 19.0 Å². The van der Waals surface area contributed by atoms with Crippen molar-refractivity contribution in [3.63, 3.8) is 0 Å². The molecule has 0 amide bonds. The van der Waals surface area contributed by atoms with Gasteiger partial charge in [-0.2, -0.15) is 0 Å². The number of rotatable bonds is 7. The second-order valence-electron chi connectivity index (χ2n) is 4.95. The van der Waals surface area contributed by atoms with Crippen LogP contribution in [0.25, 0.3) is 0 Å². The van der Waals surface area contributed by atoms with Crippen molar-refractivity contribution in [3.8, 4) is 0 Å². The van der Waals surface area contributed by atoms with Gasteiger partial charge in [0, 0.05) is 30.6 Å². The smallest absolute Gasteiger partial charge is 0.185 e. The fourth-order valence-electron chi connectivity index (χ4n) is 2.14. The summed E-state index contributed by atoms with van der Waals surface area (Å²) < 4.78 is 13.7. The van der Waals surface area contributed by atoms with Gasteiger partial charge in [0.25, 0.3) is 0 Å². The zero-order valence-electron chi connectivity index (χ0n) is 12.8. The largest absolute Gasteiger partial charge is 0.347 e. The van der Waals surface area contributed by atoms with Crippen LogP contribution in [0.1, 0.15) is 30.0 Å². The molecule has 0 saturated carbocycles. The molecular weight excluding hydrogens is 285 g/mol. The zero-order valence-corrected chi connectivity index (χ0v) is 13.6. The van der Waals surface area contributed by atoms with Crippen molar-refractivity contribution in [1.82, 2.24) is 10.3 Å². The summed E-state index contributed by atoms with van der Waals surface area (Å²) in [5, 5.41) is 4.29. The summed E-state index contributed by atoms with van der Waals surface area (Å²) >= 11 is 1.69. The number of aryl methyl sites for hydroxylation is 1. The van der Waals surface area contributed by atoms with E-state index in [1.165, 1.54) is 10.9 Å². The van der Waals surface area contributed by atoms with Gasteiger partial charge in [0.2, 0.25) is 0 Å². The maximum atomic E-state index is 13.7. The van der Waals surface area contributed by atoms with Gasteiger partial charge < -0.3 is 10.2 Å². The van der Waals surface area contributed by atoms with E-state index in [0.29, 0.717) is 12.1 Å². The molecule has 1 heterocycles. The third-order valence-electron chi connectivity index (χ3n) is 3.33. The summed E-state index contributed by atoms with van der Waals surface area (Å²) in [5.74, 6) is -0.163. The third-order valence-corrected chi connectivity index (χ3v) is 4.54. The first-order chi connectivity index (χ1) is 10.2. The molecule has 1 aromatic heterocycles. The maximum Gasteiger partial charge on any atom is 0.185 e. The standard InChI is InChI=1S/C16H22FN3S/c1-4-14-15(10-18-5-2)21-16(19-14)20(3)11-12-8-6-7-9-13(12)17/h6-9,18H,4-5,10-11H2,1-3H3. The van der Waals surface area contributed by atoms with Crippen molar-refractivity contribution in [1.29, 1.82) is 0 Å². The van der Waals surface area contributed by atoms with E-state index in [0.717, 1.165) is 30.3 Å². The van der Waals surface area contributed by atoms with Crippen LogP contribution in [0.2, 0.25) is 0 Å². The van der Waals surface area contributed by atoms with Crippen LogP contribution in [0.15, 0.2) is 24.3 Å². The van der Waals surface area contributed by atoms with E-state index in [1.807, 2.05) is 24.1 Å². The predicted octanol–water partition coefficient (Wildman–Crippen LogP) is 3.59. The van der Waals surface area contributed by atoms with Gasteiger partial charge in [-0.3, -0.25) is 0 Å². The molecule has 0 spiro atoms. The lowest BCUT2D eigenvalue weighted by atomic mass is 10.2. The first-order valence-electron chi connectivity index (χ1n) is 7.29. The molecule has 21 heavy (non-hydrogen) atoms. The van der Waals surface area contributed by atoms with Gasteiger partial charge in [-0.15, -0.1) is 11.3 Å². The Balaban J connectivity index is 2.13. The lowest BCUT2D eigenvalue weighted by molar-refractivity contribution is 0.608. The van der Waals surface area contributed by atoms with E-state index in [-0.39, 0.29) is 5.82 Å². The Hall–Kier alpha value is -1.46. The minimum Gasteiger partial charge on any atom is -0.347 e. The van der Waals surface area contributed by atoms with Gasteiger partial charge in [0.05, 0.1) is 5.69 Å². The zero-order chi connectivity index (χ0) is 15.2. The molecule has 2 aromatic rings. The summed E-state index contributed by atoms with van der Waals surface area (Å²) in [6.07, 6.45) is 0.921. The quantitative estimate of drug-likeness (QED) is 0.847. The van der Waals surface area contributed by atoms with E-state index >= 15 is 0 Å². The van der Waals surface area contributed by atoms with Crippen LogP contribution >= 0.6 is 11.3 Å². The second kappa shape index (κ2) is 7.52. The minimum absolute atomic E-state index is 0.163. The van der Waals surface area contributed by atoms with Crippen LogP contribution in [-0.2, 0) is 19.5 Å². The van der Waals surface area contributed by atoms with Crippen molar-refractivity contribution in [3.05, 3.63) is 46.2 Å². The molecule has 0 saturated heterocycles. The number of thiazole rings is 1. The van der Waals surface area contributed by atoms with Crippen LogP contribution in [0.5, 0.6) is 0 Å². The average Bonchev–Trinajstić information content (AvgIpc) is 2.90. The fourth-order valence-corrected chi connectivity index (χ4v) is 3.21. The van der Waals surface area contributed by atoms with Crippen molar-refractivity contribution in [2.75, 3.05) is 18.5 Å². The van der Waals surface area contributed by atoms with Gasteiger partial charge in [-0.1, -0.05) is 32.0 Å². The highest BCUT2D eigenvalue weighted by molar-refractivity contribution is 7.15. The van der Waals surface area contributed by atoms with Gasteiger partial charge in [0.15, 0.2) is 5.13 Å². The topological polar surface area (TPSA) is 28.2 Å². The molecule has 0 bridgehead atoms. The monoisotopic (exact) mass is 307 g/mol. The number of aromatic nitrogens is 1. The number of hydrogen-bond donors (Lipinski definition) is 1. The van der Waals surface area contributed by atoms with Gasteiger partial charge >= 0.3 is 0 Å². The van der Waals surface area contributed by atoms with E-state index in [9.17, 15) is 4.39 Å². The molecule has 5 heteroatoms. The third kappa shape index (κ3) is 4.02. The second-order valence-corrected chi connectivity index (χ2v) is 6.01. The Kier molecular flexibility index (Phi) is 5.70. The summed E-state index contributed by atoms with van der Waals surface area (Å²) in [5.41, 5.74) is 1.83. The van der Waals surface area contributed by atoms with Crippen LogP contribution in [0, 0.1) is 5.82 Å². The van der Waals surface area contributed by atoms with E-state index in [2.05, 4.69) is 24.1 Å². The summed E-state index contributed by atoms with van der Waals surface area (Å²) in [7, 11) is 1.96. The van der Waals surface area contributed by atoms with Crippen LogP contribution in [0.3, 0.4) is 0 Å². The molecule has 0 aliphatic heterocycles. The lowest BCUT2D eigenvalue weighted by Crippen LogP contribution is -2.17. The molecule has 0 fully saturated rings. The number of benzene rings is 1. The molecule has 0 aliphatic carbocycles. The van der Waals surface area contributed by atoms with Crippen molar-refractivity contribution in [2.24, 2.45) is 0 Å². The van der Waals surface area contributed by atoms with Gasteiger partial charge in [-0.25, -0.2) is 9.37 Å². The van der Waals surface area contributed by atoms with E-state index in [1.54, 1.807) is 17.4 Å². The van der Waals surface area contributed by atoms with Crippen molar-refractivity contribution >= 4 is 16.5 Å². The Labute approximate surface area is 129 Å².